The maximum Gasteiger partial charge on any atom is 0.344 e. The molecule has 1 N–H and O–H groups in total. The van der Waals surface area contributed by atoms with Crippen molar-refractivity contribution in [1.29, 1.82) is 0 Å². The molecule has 0 bridgehead atoms. The smallest absolute Gasteiger partial charge is 0.344 e. The zero-order valence-corrected chi connectivity index (χ0v) is 16.6. The number of carbonyl (C=O) groups is 2. The summed E-state index contributed by atoms with van der Waals surface area (Å²) in [5.74, 6) is -0.496. The minimum absolute atomic E-state index is 0.263. The molecule has 0 radical (unpaired) electrons. The van der Waals surface area contributed by atoms with Gasteiger partial charge in [-0.2, -0.15) is 5.10 Å². The summed E-state index contributed by atoms with van der Waals surface area (Å²) in [6, 6.07) is 16.9. The molecule has 29 heavy (non-hydrogen) atoms. The molecule has 3 aromatic rings. The molecule has 0 aliphatic heterocycles. The van der Waals surface area contributed by atoms with Gasteiger partial charge in [0, 0.05) is 0 Å². The number of nitrogens with one attached hydrogen (secondary N) is 1. The van der Waals surface area contributed by atoms with Gasteiger partial charge in [0.25, 0.3) is 5.91 Å². The lowest BCUT2D eigenvalue weighted by Crippen LogP contribution is -2.24. The number of nitrogens with zero attached hydrogens (tertiary/aromatic N) is 2. The minimum atomic E-state index is -0.618. The molecule has 0 aliphatic carbocycles. The molecule has 7 heteroatoms. The Morgan fingerprint density at radius 1 is 0.966 bits per heavy atom. The average molecular weight is 393 g/mol. The molecule has 0 atom stereocenters. The number of esters is 1. The summed E-state index contributed by atoms with van der Waals surface area (Å²) in [5, 5.41) is 7.26. The summed E-state index contributed by atoms with van der Waals surface area (Å²) in [6.45, 7) is 5.04. The first-order chi connectivity index (χ1) is 13.9. The number of amides is 1. The molecule has 150 valence electrons. The monoisotopic (exact) mass is 393 g/mol. The van der Waals surface area contributed by atoms with E-state index in [2.05, 4.69) is 10.4 Å². The highest BCUT2D eigenvalue weighted by atomic mass is 16.6. The Morgan fingerprint density at radius 2 is 1.66 bits per heavy atom. The summed E-state index contributed by atoms with van der Waals surface area (Å²) in [5.41, 5.74) is 4.13. The van der Waals surface area contributed by atoms with Crippen molar-refractivity contribution < 1.29 is 19.1 Å². The van der Waals surface area contributed by atoms with Crippen molar-refractivity contribution in [1.82, 2.24) is 9.78 Å². The first kappa shape index (κ1) is 20.1. The molecule has 1 amide bonds. The third-order valence-corrected chi connectivity index (χ3v) is 4.30. The van der Waals surface area contributed by atoms with Gasteiger partial charge in [0.2, 0.25) is 0 Å². The largest absolute Gasteiger partial charge is 0.482 e. The number of hydrogen-bond acceptors (Lipinski definition) is 5. The van der Waals surface area contributed by atoms with Crippen molar-refractivity contribution in [2.75, 3.05) is 18.5 Å². The van der Waals surface area contributed by atoms with E-state index in [1.807, 2.05) is 51.1 Å². The molecule has 1 heterocycles. The third kappa shape index (κ3) is 5.22. The Labute approximate surface area is 169 Å². The van der Waals surface area contributed by atoms with Crippen LogP contribution in [0.25, 0.3) is 5.69 Å². The van der Waals surface area contributed by atoms with E-state index in [-0.39, 0.29) is 6.61 Å². The molecular weight excluding hydrogens is 370 g/mol. The number of anilines is 1. The Morgan fingerprint density at radius 3 is 2.34 bits per heavy atom. The Balaban J connectivity index is 1.55. The number of ether oxygens (including phenoxy) is 2. The maximum atomic E-state index is 12.2. The molecule has 0 saturated heterocycles. The number of benzene rings is 2. The van der Waals surface area contributed by atoms with Crippen LogP contribution in [0.2, 0.25) is 0 Å². The number of para-hydroxylation sites is 1. The van der Waals surface area contributed by atoms with Gasteiger partial charge in [-0.1, -0.05) is 35.9 Å². The van der Waals surface area contributed by atoms with Gasteiger partial charge in [-0.25, -0.2) is 9.48 Å². The van der Waals surface area contributed by atoms with Crippen molar-refractivity contribution in [3.05, 3.63) is 71.5 Å². The number of hydrogen-bond donors (Lipinski definition) is 1. The first-order valence-electron chi connectivity index (χ1n) is 9.20. The molecule has 0 fully saturated rings. The van der Waals surface area contributed by atoms with E-state index in [1.165, 1.54) is 0 Å². The van der Waals surface area contributed by atoms with E-state index >= 15 is 0 Å². The quantitative estimate of drug-likeness (QED) is 0.623. The van der Waals surface area contributed by atoms with Gasteiger partial charge in [-0.15, -0.1) is 0 Å². The van der Waals surface area contributed by atoms with Crippen LogP contribution < -0.4 is 10.1 Å². The fraction of sp³-hybridized carbons (Fsp3) is 0.227. The summed E-state index contributed by atoms with van der Waals surface area (Å²) in [7, 11) is 0. The molecule has 0 spiro atoms. The van der Waals surface area contributed by atoms with Gasteiger partial charge >= 0.3 is 5.97 Å². The zero-order valence-electron chi connectivity index (χ0n) is 16.6. The molecular formula is C22H23N3O4. The van der Waals surface area contributed by atoms with Gasteiger partial charge in [-0.3, -0.25) is 4.79 Å². The predicted molar refractivity (Wildman–Crippen MR) is 109 cm³/mol. The van der Waals surface area contributed by atoms with Crippen molar-refractivity contribution in [3.63, 3.8) is 0 Å². The molecule has 1 aromatic heterocycles. The second-order valence-electron chi connectivity index (χ2n) is 6.60. The van der Waals surface area contributed by atoms with Crippen molar-refractivity contribution in [3.8, 4) is 11.4 Å². The van der Waals surface area contributed by atoms with Gasteiger partial charge in [0.1, 0.15) is 5.75 Å². The highest BCUT2D eigenvalue weighted by molar-refractivity contribution is 5.94. The molecule has 0 aliphatic rings. The summed E-state index contributed by atoms with van der Waals surface area (Å²) in [6.07, 6.45) is 0. The SMILES string of the molecule is Cc1ccc(-n2nc(C)c(NC(=O)COC(=O)COc3ccccc3)c2C)cc1. The van der Waals surface area contributed by atoms with Gasteiger partial charge in [0.15, 0.2) is 13.2 Å². The summed E-state index contributed by atoms with van der Waals surface area (Å²) in [4.78, 5) is 24.0. The molecule has 2 aromatic carbocycles. The van der Waals surface area contributed by atoms with E-state index in [0.717, 1.165) is 16.9 Å². The fourth-order valence-electron chi connectivity index (χ4n) is 2.78. The minimum Gasteiger partial charge on any atom is -0.482 e. The fourth-order valence-corrected chi connectivity index (χ4v) is 2.78. The highest BCUT2D eigenvalue weighted by Gasteiger charge is 2.16. The van der Waals surface area contributed by atoms with Crippen LogP contribution in [0.5, 0.6) is 5.75 Å². The van der Waals surface area contributed by atoms with E-state index in [1.54, 1.807) is 28.9 Å². The van der Waals surface area contributed by atoms with E-state index < -0.39 is 18.5 Å². The molecule has 0 saturated carbocycles. The lowest BCUT2D eigenvalue weighted by Gasteiger charge is -2.09. The Bertz CT molecular complexity index is 995. The normalized spacial score (nSPS) is 10.4. The second kappa shape index (κ2) is 9.05. The second-order valence-corrected chi connectivity index (χ2v) is 6.60. The number of aromatic nitrogens is 2. The van der Waals surface area contributed by atoms with Gasteiger partial charge < -0.3 is 14.8 Å². The highest BCUT2D eigenvalue weighted by Crippen LogP contribution is 2.23. The first-order valence-corrected chi connectivity index (χ1v) is 9.20. The average Bonchev–Trinajstić information content (AvgIpc) is 3.00. The van der Waals surface area contributed by atoms with E-state index in [4.69, 9.17) is 9.47 Å². The van der Waals surface area contributed by atoms with Gasteiger partial charge in [0.05, 0.1) is 22.8 Å². The predicted octanol–water partition coefficient (Wildman–Crippen LogP) is 3.36. The standard InChI is InChI=1S/C22H23N3O4/c1-15-9-11-18(12-10-15)25-17(3)22(16(2)24-25)23-20(26)13-29-21(27)14-28-19-7-5-4-6-8-19/h4-12H,13-14H2,1-3H3,(H,23,26). The van der Waals surface area contributed by atoms with Crippen LogP contribution in [0.1, 0.15) is 17.0 Å². The summed E-state index contributed by atoms with van der Waals surface area (Å²) < 4.78 is 12.0. The van der Waals surface area contributed by atoms with E-state index in [0.29, 0.717) is 17.1 Å². The van der Waals surface area contributed by atoms with Crippen LogP contribution >= 0.6 is 0 Å². The van der Waals surface area contributed by atoms with Crippen molar-refractivity contribution >= 4 is 17.6 Å². The van der Waals surface area contributed by atoms with Crippen molar-refractivity contribution in [2.24, 2.45) is 0 Å². The molecule has 7 nitrogen and oxygen atoms in total. The third-order valence-electron chi connectivity index (χ3n) is 4.30. The van der Waals surface area contributed by atoms with Crippen LogP contribution in [0.3, 0.4) is 0 Å². The van der Waals surface area contributed by atoms with Crippen LogP contribution in [-0.2, 0) is 14.3 Å². The molecule has 0 unspecified atom stereocenters. The number of rotatable bonds is 7. The lowest BCUT2D eigenvalue weighted by atomic mass is 10.2. The van der Waals surface area contributed by atoms with Crippen LogP contribution in [0.4, 0.5) is 5.69 Å². The number of aryl methyl sites for hydroxylation is 2. The van der Waals surface area contributed by atoms with Crippen LogP contribution in [-0.4, -0.2) is 34.9 Å². The maximum absolute atomic E-state index is 12.2. The Hall–Kier alpha value is -3.61. The van der Waals surface area contributed by atoms with E-state index in [9.17, 15) is 9.59 Å². The number of carbonyl (C=O) groups excluding carboxylic acids is 2. The zero-order chi connectivity index (χ0) is 20.8. The van der Waals surface area contributed by atoms with Gasteiger partial charge in [-0.05, 0) is 45.0 Å². The van der Waals surface area contributed by atoms with Crippen LogP contribution in [0, 0.1) is 20.8 Å². The summed E-state index contributed by atoms with van der Waals surface area (Å²) >= 11 is 0. The van der Waals surface area contributed by atoms with Crippen LogP contribution in [0.15, 0.2) is 54.6 Å². The topological polar surface area (TPSA) is 82.5 Å². The van der Waals surface area contributed by atoms with Crippen molar-refractivity contribution in [2.45, 2.75) is 20.8 Å². The Kier molecular flexibility index (Phi) is 6.29. The molecule has 3 rings (SSSR count). The lowest BCUT2D eigenvalue weighted by molar-refractivity contribution is -0.149.